The Hall–Kier alpha value is -5.23. The average Bonchev–Trinajstić information content (AvgIpc) is 3.09. The summed E-state index contributed by atoms with van der Waals surface area (Å²) in [7, 11) is 3.15. The van der Waals surface area contributed by atoms with Crippen LogP contribution < -0.4 is 14.2 Å². The van der Waals surface area contributed by atoms with Crippen LogP contribution >= 0.6 is 0 Å². The average molecular weight is 661 g/mol. The van der Waals surface area contributed by atoms with Crippen molar-refractivity contribution in [2.24, 2.45) is 0 Å². The summed E-state index contributed by atoms with van der Waals surface area (Å²) in [6.07, 6.45) is -1.38. The molecule has 2 aliphatic rings. The van der Waals surface area contributed by atoms with Gasteiger partial charge in [-0.1, -0.05) is 48.5 Å². The predicted octanol–water partition coefficient (Wildman–Crippen LogP) is 5.34. The Labute approximate surface area is 279 Å². The summed E-state index contributed by atoms with van der Waals surface area (Å²) < 4.78 is 28.1. The van der Waals surface area contributed by atoms with Crippen LogP contribution in [0.5, 0.6) is 17.2 Å². The monoisotopic (exact) mass is 660 g/mol. The Morgan fingerprint density at radius 1 is 0.792 bits per heavy atom. The summed E-state index contributed by atoms with van der Waals surface area (Å²) in [6, 6.07) is 20.9. The number of amides is 2. The first-order chi connectivity index (χ1) is 23.3. The lowest BCUT2D eigenvalue weighted by Gasteiger charge is -2.49. The molecule has 12 heteroatoms. The maximum Gasteiger partial charge on any atom is 0.408 e. The number of rotatable bonds is 14. The number of nitrogens with zero attached hydrogens (tertiary/aromatic N) is 2. The topological polar surface area (TPSA) is 144 Å². The Kier molecular flexibility index (Phi) is 11.4. The molecule has 2 amide bonds. The molecule has 48 heavy (non-hydrogen) atoms. The van der Waals surface area contributed by atoms with E-state index in [1.807, 2.05) is 48.5 Å². The van der Waals surface area contributed by atoms with Crippen molar-refractivity contribution < 1.29 is 48.3 Å². The zero-order chi connectivity index (χ0) is 34.0. The lowest BCUT2D eigenvalue weighted by molar-refractivity contribution is -0.142. The van der Waals surface area contributed by atoms with Crippen LogP contribution in [0.2, 0.25) is 0 Å². The molecule has 2 aliphatic heterocycles. The van der Waals surface area contributed by atoms with Crippen LogP contribution in [-0.2, 0) is 27.3 Å². The van der Waals surface area contributed by atoms with Gasteiger partial charge in [0.15, 0.2) is 0 Å². The number of fused-ring (bicyclic) bond motifs is 2. The highest BCUT2D eigenvalue weighted by atomic mass is 16.5. The normalized spacial score (nSPS) is 17.1. The Morgan fingerprint density at radius 3 is 2.12 bits per heavy atom. The summed E-state index contributed by atoms with van der Waals surface area (Å²) in [5.74, 6) is 1.49. The Morgan fingerprint density at radius 2 is 1.46 bits per heavy atom. The van der Waals surface area contributed by atoms with Gasteiger partial charge in [0.05, 0.1) is 52.5 Å². The zero-order valence-electron chi connectivity index (χ0n) is 27.0. The van der Waals surface area contributed by atoms with Crippen LogP contribution in [0.4, 0.5) is 9.59 Å². The first kappa shape index (κ1) is 34.1. The predicted molar refractivity (Wildman–Crippen MR) is 175 cm³/mol. The lowest BCUT2D eigenvalue weighted by Crippen LogP contribution is -2.64. The molecule has 0 spiro atoms. The second-order valence-corrected chi connectivity index (χ2v) is 11.5. The van der Waals surface area contributed by atoms with Crippen molar-refractivity contribution in [3.05, 3.63) is 95.1 Å². The van der Waals surface area contributed by atoms with Crippen LogP contribution in [0.15, 0.2) is 78.4 Å². The Balaban J connectivity index is 1.27. The number of hydrogen-bond acceptors (Lipinski definition) is 8. The highest BCUT2D eigenvalue weighted by Crippen LogP contribution is 2.39. The van der Waals surface area contributed by atoms with E-state index >= 15 is 0 Å². The first-order valence-electron chi connectivity index (χ1n) is 15.7. The third-order valence-corrected chi connectivity index (χ3v) is 8.55. The first-order valence-corrected chi connectivity index (χ1v) is 15.7. The number of benzene rings is 3. The fraction of sp³-hybridized carbons (Fsp3) is 0.361. The maximum absolute atomic E-state index is 13.0. The van der Waals surface area contributed by atoms with E-state index in [1.165, 1.54) is 16.9 Å². The largest absolute Gasteiger partial charge is 0.496 e. The summed E-state index contributed by atoms with van der Waals surface area (Å²) in [6.45, 7) is 1.19. The van der Waals surface area contributed by atoms with Crippen molar-refractivity contribution in [3.63, 3.8) is 0 Å². The lowest BCUT2D eigenvalue weighted by atomic mass is 9.82. The van der Waals surface area contributed by atoms with Gasteiger partial charge in [0.2, 0.25) is 0 Å². The van der Waals surface area contributed by atoms with Crippen LogP contribution in [0, 0.1) is 0 Å². The number of carbonyl (C=O) groups excluding carboxylic acids is 1. The molecule has 12 nitrogen and oxygen atoms in total. The van der Waals surface area contributed by atoms with Gasteiger partial charge in [0, 0.05) is 30.6 Å². The molecule has 1 saturated heterocycles. The summed E-state index contributed by atoms with van der Waals surface area (Å²) in [4.78, 5) is 39.8. The van der Waals surface area contributed by atoms with Gasteiger partial charge < -0.3 is 38.8 Å². The van der Waals surface area contributed by atoms with E-state index < -0.39 is 30.2 Å². The second kappa shape index (κ2) is 16.1. The summed E-state index contributed by atoms with van der Waals surface area (Å²) in [5, 5.41) is 19.9. The van der Waals surface area contributed by atoms with E-state index in [4.69, 9.17) is 23.7 Å². The molecule has 1 fully saturated rings. The smallest absolute Gasteiger partial charge is 0.408 e. The Bertz CT molecular complexity index is 1620. The molecular weight excluding hydrogens is 620 g/mol. The van der Waals surface area contributed by atoms with E-state index in [1.54, 1.807) is 31.4 Å². The highest BCUT2D eigenvalue weighted by molar-refractivity contribution is 5.79. The molecule has 3 aromatic carbocycles. The van der Waals surface area contributed by atoms with Gasteiger partial charge in [-0.15, -0.1) is 0 Å². The third-order valence-electron chi connectivity index (χ3n) is 8.55. The van der Waals surface area contributed by atoms with Gasteiger partial charge in [-0.25, -0.2) is 9.59 Å². The molecule has 254 valence electrons. The van der Waals surface area contributed by atoms with E-state index in [0.29, 0.717) is 48.9 Å². The van der Waals surface area contributed by atoms with Crippen LogP contribution in [0.25, 0.3) is 5.57 Å². The standard InChI is InChI=1S/C36H40N2O10/c1-44-32-10-5-3-8-25(32)18-34(39)48-23-30-29(19-27-20-37(35(40)41)21-31(30)38(27)36(42)43)24-12-14-28(15-13-24)47-17-7-16-46-22-26-9-4-6-11-33(26)45-2/h3-6,8-15,27,31H,7,16-23H2,1-2H3,(H,40,41)(H,42,43)/t27-,31-/m1/s1. The van der Waals surface area contributed by atoms with E-state index in [2.05, 4.69) is 0 Å². The number of carbonyl (C=O) groups is 3. The van der Waals surface area contributed by atoms with Crippen LogP contribution in [-0.4, -0.2) is 97.4 Å². The van der Waals surface area contributed by atoms with Crippen molar-refractivity contribution in [1.82, 2.24) is 9.80 Å². The maximum atomic E-state index is 13.0. The molecule has 5 rings (SSSR count). The van der Waals surface area contributed by atoms with Gasteiger partial charge >= 0.3 is 18.2 Å². The molecule has 2 heterocycles. The molecule has 0 saturated carbocycles. The second-order valence-electron chi connectivity index (χ2n) is 11.5. The highest BCUT2D eigenvalue weighted by Gasteiger charge is 2.46. The molecule has 0 unspecified atom stereocenters. The minimum Gasteiger partial charge on any atom is -0.496 e. The molecule has 2 atom stereocenters. The minimum absolute atomic E-state index is 0.0403. The van der Waals surface area contributed by atoms with Gasteiger partial charge in [-0.3, -0.25) is 9.69 Å². The SMILES string of the molecule is COc1ccccc1COCCCOc1ccc(C2=C(COC(=O)Cc3ccccc3OC)[C@H]3CN(C(=O)O)C[C@@H](C2)N3C(=O)O)cc1. The number of para-hydroxylation sites is 2. The molecular formula is C36H40N2O10. The fourth-order valence-electron chi connectivity index (χ4n) is 6.23. The molecule has 0 aliphatic carbocycles. The van der Waals surface area contributed by atoms with Gasteiger partial charge in [-0.05, 0) is 47.4 Å². The zero-order valence-corrected chi connectivity index (χ0v) is 27.0. The molecule has 0 radical (unpaired) electrons. The van der Waals surface area contributed by atoms with Crippen molar-refractivity contribution in [3.8, 4) is 17.2 Å². The van der Waals surface area contributed by atoms with E-state index in [0.717, 1.165) is 22.4 Å². The summed E-state index contributed by atoms with van der Waals surface area (Å²) >= 11 is 0. The fourth-order valence-corrected chi connectivity index (χ4v) is 6.23. The van der Waals surface area contributed by atoms with E-state index in [-0.39, 0.29) is 32.5 Å². The van der Waals surface area contributed by atoms with Crippen molar-refractivity contribution in [2.45, 2.75) is 38.0 Å². The quantitative estimate of drug-likeness (QED) is 0.172. The number of piperazine rings is 1. The van der Waals surface area contributed by atoms with E-state index in [9.17, 15) is 24.6 Å². The molecule has 3 aromatic rings. The number of methoxy groups -OCH3 is 2. The third kappa shape index (κ3) is 8.18. The summed E-state index contributed by atoms with van der Waals surface area (Å²) in [5.41, 5.74) is 3.83. The number of esters is 1. The van der Waals surface area contributed by atoms with Crippen molar-refractivity contribution in [1.29, 1.82) is 0 Å². The van der Waals surface area contributed by atoms with Gasteiger partial charge in [-0.2, -0.15) is 0 Å². The number of carboxylic acid groups (broad SMARTS) is 2. The molecule has 0 aromatic heterocycles. The van der Waals surface area contributed by atoms with Crippen LogP contribution in [0.1, 0.15) is 29.5 Å². The van der Waals surface area contributed by atoms with Gasteiger partial charge in [0.25, 0.3) is 0 Å². The van der Waals surface area contributed by atoms with Crippen LogP contribution in [0.3, 0.4) is 0 Å². The molecule has 2 N–H and O–H groups in total. The minimum atomic E-state index is -1.15. The van der Waals surface area contributed by atoms with Gasteiger partial charge in [0.1, 0.15) is 23.9 Å². The molecule has 2 bridgehead atoms. The van der Waals surface area contributed by atoms with Crippen molar-refractivity contribution >= 4 is 23.7 Å². The number of hydrogen-bond donors (Lipinski definition) is 2. The number of ether oxygens (including phenoxy) is 5. The van der Waals surface area contributed by atoms with Crippen molar-refractivity contribution in [2.75, 3.05) is 47.1 Å².